The second-order valence-corrected chi connectivity index (χ2v) is 5.18. The summed E-state index contributed by atoms with van der Waals surface area (Å²) in [4.78, 5) is 3.88. The smallest absolute Gasteiger partial charge is 0.210 e. The van der Waals surface area contributed by atoms with Crippen LogP contribution in [0.5, 0.6) is 0 Å². The maximum Gasteiger partial charge on any atom is 0.210 e. The first-order valence-corrected chi connectivity index (χ1v) is 6.45. The Kier molecular flexibility index (Phi) is 4.34. The minimum absolute atomic E-state index is 0.140. The van der Waals surface area contributed by atoms with Crippen LogP contribution < -0.4 is 10.5 Å². The number of pyridine rings is 1. The van der Waals surface area contributed by atoms with Gasteiger partial charge in [-0.2, -0.15) is 0 Å². The normalized spacial score (nSPS) is 13.7. The number of aromatic nitrogens is 1. The number of sulfonamides is 1. The highest BCUT2D eigenvalue weighted by Crippen LogP contribution is 2.08. The maximum atomic E-state index is 12.6. The van der Waals surface area contributed by atoms with Crippen LogP contribution in [0.25, 0.3) is 0 Å². The summed E-state index contributed by atoms with van der Waals surface area (Å²) in [6.07, 6.45) is 1.12. The average molecular weight is 247 g/mol. The van der Waals surface area contributed by atoms with E-state index >= 15 is 0 Å². The molecule has 1 rings (SSSR count). The standard InChI is InChI=1S/C9H14FN3O2S/c1-7(12-4-5-16(11,14)15)9-3-2-8(10)6-13-9/h2-3,6-7,12H,4-5H2,1H3,(H2,11,14,15). The molecule has 5 nitrogen and oxygen atoms in total. The summed E-state index contributed by atoms with van der Waals surface area (Å²) in [5.74, 6) is -0.543. The number of nitrogens with one attached hydrogen (secondary N) is 1. The van der Waals surface area contributed by atoms with Crippen molar-refractivity contribution in [2.75, 3.05) is 12.3 Å². The molecule has 0 saturated heterocycles. The van der Waals surface area contributed by atoms with E-state index in [0.717, 1.165) is 6.20 Å². The number of hydrogen-bond donors (Lipinski definition) is 2. The number of hydrogen-bond acceptors (Lipinski definition) is 4. The van der Waals surface area contributed by atoms with Crippen molar-refractivity contribution in [3.8, 4) is 0 Å². The van der Waals surface area contributed by atoms with Crippen molar-refractivity contribution >= 4 is 10.0 Å². The summed E-state index contributed by atoms with van der Waals surface area (Å²) in [5.41, 5.74) is 0.649. The Morgan fingerprint density at radius 1 is 1.56 bits per heavy atom. The van der Waals surface area contributed by atoms with Crippen LogP contribution in [0.3, 0.4) is 0 Å². The molecule has 1 aromatic rings. The van der Waals surface area contributed by atoms with Gasteiger partial charge in [0.25, 0.3) is 0 Å². The Morgan fingerprint density at radius 2 is 2.25 bits per heavy atom. The van der Waals surface area contributed by atoms with E-state index < -0.39 is 15.8 Å². The summed E-state index contributed by atoms with van der Waals surface area (Å²) in [6, 6.07) is 2.70. The maximum absolute atomic E-state index is 12.6. The molecule has 3 N–H and O–H groups in total. The molecular weight excluding hydrogens is 233 g/mol. The molecule has 0 spiro atoms. The van der Waals surface area contributed by atoms with Gasteiger partial charge in [-0.15, -0.1) is 0 Å². The molecule has 0 bridgehead atoms. The Hall–Kier alpha value is -1.05. The SMILES string of the molecule is CC(NCCS(N)(=O)=O)c1ccc(F)cn1. The summed E-state index contributed by atoms with van der Waals surface area (Å²) in [6.45, 7) is 2.04. The highest BCUT2D eigenvalue weighted by atomic mass is 32.2. The second-order valence-electron chi connectivity index (χ2n) is 3.44. The first-order chi connectivity index (χ1) is 7.38. The second kappa shape index (κ2) is 5.33. The van der Waals surface area contributed by atoms with E-state index in [-0.39, 0.29) is 18.3 Å². The Balaban J connectivity index is 2.47. The molecule has 0 aliphatic heterocycles. The van der Waals surface area contributed by atoms with Gasteiger partial charge >= 0.3 is 0 Å². The van der Waals surface area contributed by atoms with E-state index in [2.05, 4.69) is 10.3 Å². The zero-order valence-electron chi connectivity index (χ0n) is 8.85. The van der Waals surface area contributed by atoms with E-state index in [4.69, 9.17) is 5.14 Å². The molecule has 90 valence electrons. The van der Waals surface area contributed by atoms with Gasteiger partial charge in [-0.1, -0.05) is 0 Å². The molecule has 7 heteroatoms. The number of halogens is 1. The van der Waals surface area contributed by atoms with E-state index in [1.54, 1.807) is 6.07 Å². The molecule has 0 saturated carbocycles. The highest BCUT2D eigenvalue weighted by molar-refractivity contribution is 7.89. The van der Waals surface area contributed by atoms with Gasteiger partial charge in [0.15, 0.2) is 0 Å². The fraction of sp³-hybridized carbons (Fsp3) is 0.444. The molecule has 0 amide bonds. The molecule has 0 aliphatic carbocycles. The highest BCUT2D eigenvalue weighted by Gasteiger charge is 2.08. The van der Waals surface area contributed by atoms with Crippen LogP contribution >= 0.6 is 0 Å². The van der Waals surface area contributed by atoms with Crippen LogP contribution in [0, 0.1) is 5.82 Å². The van der Waals surface area contributed by atoms with Gasteiger partial charge in [-0.25, -0.2) is 17.9 Å². The van der Waals surface area contributed by atoms with Crippen LogP contribution in [0.15, 0.2) is 18.3 Å². The lowest BCUT2D eigenvalue weighted by atomic mass is 10.2. The summed E-state index contributed by atoms with van der Waals surface area (Å²) >= 11 is 0. The molecule has 0 aliphatic rings. The van der Waals surface area contributed by atoms with Gasteiger partial charge in [-0.05, 0) is 19.1 Å². The van der Waals surface area contributed by atoms with Gasteiger partial charge in [0.1, 0.15) is 5.82 Å². The molecule has 0 fully saturated rings. The lowest BCUT2D eigenvalue weighted by Gasteiger charge is -2.12. The molecule has 1 atom stereocenters. The molecule has 0 aromatic carbocycles. The van der Waals surface area contributed by atoms with Crippen LogP contribution in [-0.4, -0.2) is 25.7 Å². The van der Waals surface area contributed by atoms with Crippen LogP contribution in [-0.2, 0) is 10.0 Å². The molecule has 1 heterocycles. The summed E-state index contributed by atoms with van der Waals surface area (Å²) < 4.78 is 33.9. The number of rotatable bonds is 5. The zero-order chi connectivity index (χ0) is 12.2. The van der Waals surface area contributed by atoms with Crippen molar-refractivity contribution in [3.05, 3.63) is 29.8 Å². The monoisotopic (exact) mass is 247 g/mol. The third-order valence-electron chi connectivity index (χ3n) is 2.03. The van der Waals surface area contributed by atoms with Gasteiger partial charge in [0.2, 0.25) is 10.0 Å². The molecule has 16 heavy (non-hydrogen) atoms. The lowest BCUT2D eigenvalue weighted by molar-refractivity contribution is 0.561. The number of nitrogens with zero attached hydrogens (tertiary/aromatic N) is 1. The van der Waals surface area contributed by atoms with Crippen molar-refractivity contribution in [2.24, 2.45) is 5.14 Å². The first-order valence-electron chi connectivity index (χ1n) is 4.74. The quantitative estimate of drug-likeness (QED) is 0.776. The lowest BCUT2D eigenvalue weighted by Crippen LogP contribution is -2.29. The Labute approximate surface area is 93.9 Å². The van der Waals surface area contributed by atoms with Crippen molar-refractivity contribution in [2.45, 2.75) is 13.0 Å². The third-order valence-corrected chi connectivity index (χ3v) is 2.80. The zero-order valence-corrected chi connectivity index (χ0v) is 9.67. The molecule has 0 radical (unpaired) electrons. The fourth-order valence-corrected chi connectivity index (χ4v) is 1.57. The predicted octanol–water partition coefficient (Wildman–Crippen LogP) is 0.160. The van der Waals surface area contributed by atoms with Gasteiger partial charge < -0.3 is 5.32 Å². The van der Waals surface area contributed by atoms with E-state index in [9.17, 15) is 12.8 Å². The predicted molar refractivity (Wildman–Crippen MR) is 58.6 cm³/mol. The van der Waals surface area contributed by atoms with Crippen LogP contribution in [0.4, 0.5) is 4.39 Å². The van der Waals surface area contributed by atoms with E-state index in [0.29, 0.717) is 5.69 Å². The molecular formula is C9H14FN3O2S. The minimum Gasteiger partial charge on any atom is -0.308 e. The summed E-state index contributed by atoms with van der Waals surface area (Å²) in [7, 11) is -3.45. The van der Waals surface area contributed by atoms with Gasteiger partial charge in [0.05, 0.1) is 17.6 Å². The number of nitrogens with two attached hydrogens (primary N) is 1. The van der Waals surface area contributed by atoms with E-state index in [1.807, 2.05) is 6.92 Å². The number of primary sulfonamides is 1. The summed E-state index contributed by atoms with van der Waals surface area (Å²) in [5, 5.41) is 7.78. The van der Waals surface area contributed by atoms with Gasteiger partial charge in [-0.3, -0.25) is 4.98 Å². The Morgan fingerprint density at radius 3 is 2.75 bits per heavy atom. The minimum atomic E-state index is -3.45. The Bertz CT molecular complexity index is 433. The van der Waals surface area contributed by atoms with Crippen LogP contribution in [0.2, 0.25) is 0 Å². The molecule has 1 unspecified atom stereocenters. The van der Waals surface area contributed by atoms with Gasteiger partial charge in [0, 0.05) is 12.6 Å². The van der Waals surface area contributed by atoms with Crippen molar-refractivity contribution in [3.63, 3.8) is 0 Å². The average Bonchev–Trinajstić information content (AvgIpc) is 2.16. The largest absolute Gasteiger partial charge is 0.308 e. The molecule has 1 aromatic heterocycles. The first kappa shape index (κ1) is 13.0. The van der Waals surface area contributed by atoms with Crippen LogP contribution in [0.1, 0.15) is 18.7 Å². The topological polar surface area (TPSA) is 85.1 Å². The van der Waals surface area contributed by atoms with Crippen molar-refractivity contribution in [1.29, 1.82) is 0 Å². The van der Waals surface area contributed by atoms with Crippen molar-refractivity contribution in [1.82, 2.24) is 10.3 Å². The fourth-order valence-electron chi connectivity index (χ4n) is 1.17. The third kappa shape index (κ3) is 4.65. The van der Waals surface area contributed by atoms with Crippen molar-refractivity contribution < 1.29 is 12.8 Å². The van der Waals surface area contributed by atoms with E-state index in [1.165, 1.54) is 6.07 Å².